The number of carbonyl (C=O) groups is 1. The van der Waals surface area contributed by atoms with Gasteiger partial charge in [0.2, 0.25) is 0 Å². The second-order valence-electron chi connectivity index (χ2n) is 4.58. The third-order valence-corrected chi connectivity index (χ3v) is 2.87. The van der Waals surface area contributed by atoms with Crippen molar-refractivity contribution in [2.24, 2.45) is 0 Å². The van der Waals surface area contributed by atoms with Crippen molar-refractivity contribution in [2.45, 2.75) is 20.3 Å². The summed E-state index contributed by atoms with van der Waals surface area (Å²) in [4.78, 5) is 11.9. The van der Waals surface area contributed by atoms with Crippen LogP contribution in [-0.2, 0) is 9.53 Å². The number of nitrogens with one attached hydrogen (secondary N) is 2. The van der Waals surface area contributed by atoms with Crippen LogP contribution in [0, 0.1) is 11.3 Å². The molecule has 6 heteroatoms. The minimum atomic E-state index is -0.401. The summed E-state index contributed by atoms with van der Waals surface area (Å²) in [5.41, 5.74) is 0.792. The van der Waals surface area contributed by atoms with Crippen LogP contribution in [0.25, 0.3) is 0 Å². The number of nitrogens with zero attached hydrogens (tertiary/aromatic N) is 1. The molecule has 0 aliphatic rings. The van der Waals surface area contributed by atoms with Gasteiger partial charge in [-0.1, -0.05) is 0 Å². The zero-order chi connectivity index (χ0) is 16.9. The van der Waals surface area contributed by atoms with E-state index in [0.717, 1.165) is 11.4 Å². The Morgan fingerprint density at radius 1 is 1.26 bits per heavy atom. The highest BCUT2D eigenvalue weighted by Gasteiger charge is 2.07. The summed E-state index contributed by atoms with van der Waals surface area (Å²) >= 11 is 0. The van der Waals surface area contributed by atoms with Gasteiger partial charge in [0, 0.05) is 31.6 Å². The van der Waals surface area contributed by atoms with Gasteiger partial charge in [0.05, 0.1) is 6.61 Å². The smallest absolute Gasteiger partial charge is 0.263 e. The van der Waals surface area contributed by atoms with Gasteiger partial charge in [-0.25, -0.2) is 0 Å². The molecule has 0 saturated carbocycles. The lowest BCUT2D eigenvalue weighted by Crippen LogP contribution is -2.26. The fourth-order valence-electron chi connectivity index (χ4n) is 1.73. The van der Waals surface area contributed by atoms with Crippen molar-refractivity contribution in [2.75, 3.05) is 31.7 Å². The van der Waals surface area contributed by atoms with Crippen LogP contribution in [0.5, 0.6) is 5.75 Å². The molecule has 0 radical (unpaired) electrons. The summed E-state index contributed by atoms with van der Waals surface area (Å²) in [6.07, 6.45) is 2.11. The number of hydrogen-bond acceptors (Lipinski definition) is 5. The van der Waals surface area contributed by atoms with Gasteiger partial charge in [0.1, 0.15) is 17.4 Å². The van der Waals surface area contributed by atoms with Crippen LogP contribution in [0.3, 0.4) is 0 Å². The van der Waals surface area contributed by atoms with Crippen molar-refractivity contribution in [1.29, 1.82) is 5.26 Å². The number of nitriles is 1. The minimum Gasteiger partial charge on any atom is -0.494 e. The topological polar surface area (TPSA) is 83.4 Å². The molecule has 1 aromatic rings. The normalized spacial score (nSPS) is 10.7. The zero-order valence-electron chi connectivity index (χ0n) is 13.6. The van der Waals surface area contributed by atoms with Crippen molar-refractivity contribution < 1.29 is 14.3 Å². The van der Waals surface area contributed by atoms with Crippen LogP contribution in [0.2, 0.25) is 0 Å². The lowest BCUT2D eigenvalue weighted by atomic mass is 10.2. The predicted molar refractivity (Wildman–Crippen MR) is 89.0 cm³/mol. The molecule has 0 fully saturated rings. The van der Waals surface area contributed by atoms with Crippen LogP contribution in [0.1, 0.15) is 20.3 Å². The van der Waals surface area contributed by atoms with Gasteiger partial charge in [-0.2, -0.15) is 5.26 Å². The third kappa shape index (κ3) is 7.34. The molecule has 23 heavy (non-hydrogen) atoms. The number of benzene rings is 1. The van der Waals surface area contributed by atoms with Crippen molar-refractivity contribution in [1.82, 2.24) is 5.32 Å². The summed E-state index contributed by atoms with van der Waals surface area (Å²) < 4.78 is 10.5. The fourth-order valence-corrected chi connectivity index (χ4v) is 1.73. The molecule has 0 aliphatic heterocycles. The molecule has 0 aromatic heterocycles. The SMILES string of the molecule is CCOCCCNC(=O)/C(C#N)=C\Nc1ccc(OCC)cc1. The maximum atomic E-state index is 11.9. The van der Waals surface area contributed by atoms with E-state index in [1.165, 1.54) is 6.20 Å². The van der Waals surface area contributed by atoms with Gasteiger partial charge in [0.15, 0.2) is 0 Å². The van der Waals surface area contributed by atoms with Crippen molar-refractivity contribution in [3.63, 3.8) is 0 Å². The first-order chi connectivity index (χ1) is 11.2. The monoisotopic (exact) mass is 317 g/mol. The molecule has 1 rings (SSSR count). The summed E-state index contributed by atoms with van der Waals surface area (Å²) in [5, 5.41) is 14.7. The second-order valence-corrected chi connectivity index (χ2v) is 4.58. The molecule has 2 N–H and O–H groups in total. The van der Waals surface area contributed by atoms with Gasteiger partial charge in [-0.05, 0) is 44.5 Å². The van der Waals surface area contributed by atoms with E-state index in [1.54, 1.807) is 0 Å². The molecule has 0 heterocycles. The Kier molecular flexibility index (Phi) is 8.94. The number of amides is 1. The van der Waals surface area contributed by atoms with Crippen molar-refractivity contribution in [3.05, 3.63) is 36.0 Å². The van der Waals surface area contributed by atoms with E-state index >= 15 is 0 Å². The van der Waals surface area contributed by atoms with E-state index in [0.29, 0.717) is 32.8 Å². The van der Waals surface area contributed by atoms with Gasteiger partial charge < -0.3 is 20.1 Å². The summed E-state index contributed by atoms with van der Waals surface area (Å²) in [5.74, 6) is 0.372. The number of anilines is 1. The largest absolute Gasteiger partial charge is 0.494 e. The number of hydrogen-bond donors (Lipinski definition) is 2. The predicted octanol–water partition coefficient (Wildman–Crippen LogP) is 2.45. The maximum Gasteiger partial charge on any atom is 0.263 e. The summed E-state index contributed by atoms with van der Waals surface area (Å²) in [6, 6.07) is 9.16. The van der Waals surface area contributed by atoms with E-state index < -0.39 is 5.91 Å². The Bertz CT molecular complexity index is 547. The molecule has 6 nitrogen and oxygen atoms in total. The summed E-state index contributed by atoms with van der Waals surface area (Å²) in [7, 11) is 0. The maximum absolute atomic E-state index is 11.9. The van der Waals surface area contributed by atoms with Gasteiger partial charge >= 0.3 is 0 Å². The quantitative estimate of drug-likeness (QED) is 0.393. The Balaban J connectivity index is 2.48. The molecule has 0 atom stereocenters. The summed E-state index contributed by atoms with van der Waals surface area (Å²) in [6.45, 7) is 6.16. The Labute approximate surface area is 137 Å². The molecule has 1 aromatic carbocycles. The van der Waals surface area contributed by atoms with Gasteiger partial charge in [0.25, 0.3) is 5.91 Å². The number of ether oxygens (including phenoxy) is 2. The molecule has 0 bridgehead atoms. The molecule has 0 aliphatic carbocycles. The zero-order valence-corrected chi connectivity index (χ0v) is 13.6. The van der Waals surface area contributed by atoms with Crippen LogP contribution >= 0.6 is 0 Å². The lowest BCUT2D eigenvalue weighted by molar-refractivity contribution is -0.117. The third-order valence-electron chi connectivity index (χ3n) is 2.87. The van der Waals surface area contributed by atoms with E-state index in [1.807, 2.05) is 44.2 Å². The highest BCUT2D eigenvalue weighted by Crippen LogP contribution is 2.15. The molecule has 0 unspecified atom stereocenters. The molecule has 124 valence electrons. The first kappa shape index (κ1) is 18.5. The lowest BCUT2D eigenvalue weighted by Gasteiger charge is -2.06. The number of rotatable bonds is 10. The van der Waals surface area contributed by atoms with Gasteiger partial charge in [-0.15, -0.1) is 0 Å². The van der Waals surface area contributed by atoms with Crippen molar-refractivity contribution in [3.8, 4) is 11.8 Å². The Morgan fingerprint density at radius 2 is 2.00 bits per heavy atom. The molecule has 0 saturated heterocycles. The molecular weight excluding hydrogens is 294 g/mol. The average Bonchev–Trinajstić information content (AvgIpc) is 2.57. The first-order valence-electron chi connectivity index (χ1n) is 7.66. The number of carbonyl (C=O) groups excluding carboxylic acids is 1. The van der Waals surface area contributed by atoms with E-state index in [4.69, 9.17) is 14.7 Å². The Hall–Kier alpha value is -2.52. The van der Waals surface area contributed by atoms with Crippen molar-refractivity contribution >= 4 is 11.6 Å². The average molecular weight is 317 g/mol. The Morgan fingerprint density at radius 3 is 2.61 bits per heavy atom. The van der Waals surface area contributed by atoms with Crippen LogP contribution < -0.4 is 15.4 Å². The van der Waals surface area contributed by atoms with E-state index in [2.05, 4.69) is 10.6 Å². The van der Waals surface area contributed by atoms with E-state index in [-0.39, 0.29) is 5.57 Å². The van der Waals surface area contributed by atoms with Crippen LogP contribution in [0.15, 0.2) is 36.0 Å². The first-order valence-corrected chi connectivity index (χ1v) is 7.66. The second kappa shape index (κ2) is 11.1. The fraction of sp³-hybridized carbons (Fsp3) is 0.412. The molecular formula is C17H23N3O3. The molecule has 1 amide bonds. The minimum absolute atomic E-state index is 0.0234. The van der Waals surface area contributed by atoms with Crippen LogP contribution in [-0.4, -0.2) is 32.3 Å². The van der Waals surface area contributed by atoms with Gasteiger partial charge in [-0.3, -0.25) is 4.79 Å². The highest BCUT2D eigenvalue weighted by molar-refractivity contribution is 5.97. The van der Waals surface area contributed by atoms with E-state index in [9.17, 15) is 4.79 Å². The molecule has 0 spiro atoms. The highest BCUT2D eigenvalue weighted by atomic mass is 16.5. The van der Waals surface area contributed by atoms with Crippen LogP contribution in [0.4, 0.5) is 5.69 Å². The standard InChI is InChI=1S/C17H23N3O3/c1-3-22-11-5-10-19-17(21)14(12-18)13-20-15-6-8-16(9-7-15)23-4-2/h6-9,13,20H,3-5,10-11H2,1-2H3,(H,19,21)/b14-13-.